The van der Waals surface area contributed by atoms with Gasteiger partial charge in [0.1, 0.15) is 22.7 Å². The summed E-state index contributed by atoms with van der Waals surface area (Å²) in [6.45, 7) is 3.16. The summed E-state index contributed by atoms with van der Waals surface area (Å²) in [4.78, 5) is 58.9. The third-order valence-corrected chi connectivity index (χ3v) is 6.77. The van der Waals surface area contributed by atoms with E-state index in [0.29, 0.717) is 11.1 Å². The Kier molecular flexibility index (Phi) is 7.20. The summed E-state index contributed by atoms with van der Waals surface area (Å²) in [5, 5.41) is 21.5. The Hall–Kier alpha value is -5.01. The number of anilines is 1. The van der Waals surface area contributed by atoms with Crippen LogP contribution in [0.2, 0.25) is 0 Å². The van der Waals surface area contributed by atoms with Crippen molar-refractivity contribution in [2.24, 2.45) is 0 Å². The van der Waals surface area contributed by atoms with Gasteiger partial charge < -0.3 is 20.3 Å². The summed E-state index contributed by atoms with van der Waals surface area (Å²) in [5.74, 6) is -5.81. The Labute approximate surface area is 224 Å². The molecule has 14 heteroatoms. The topological polar surface area (TPSA) is 159 Å². The van der Waals surface area contributed by atoms with Crippen LogP contribution >= 0.6 is 0 Å². The number of urea groups is 1. The van der Waals surface area contributed by atoms with Gasteiger partial charge in [0.2, 0.25) is 0 Å². The molecule has 1 aliphatic rings. The molecule has 1 saturated heterocycles. The van der Waals surface area contributed by atoms with Crippen LogP contribution in [0.5, 0.6) is 5.75 Å². The average molecular weight is 558 g/mol. The number of hydrogen-bond acceptors (Lipinski definition) is 7. The van der Waals surface area contributed by atoms with Gasteiger partial charge in [0.15, 0.2) is 0 Å². The van der Waals surface area contributed by atoms with E-state index < -0.39 is 53.4 Å². The van der Waals surface area contributed by atoms with Crippen LogP contribution in [0.15, 0.2) is 60.9 Å². The van der Waals surface area contributed by atoms with Crippen molar-refractivity contribution in [1.29, 1.82) is 0 Å². The highest BCUT2D eigenvalue weighted by molar-refractivity contribution is 6.24. The lowest BCUT2D eigenvalue weighted by Gasteiger charge is -2.39. The largest absolute Gasteiger partial charge is 0.573 e. The molecule has 208 valence electrons. The predicted octanol–water partition coefficient (Wildman–Crippen LogP) is 4.17. The number of aromatic carboxylic acids is 2. The second-order valence-corrected chi connectivity index (χ2v) is 8.98. The molecule has 1 fully saturated rings. The highest BCUT2D eigenvalue weighted by Crippen LogP contribution is 2.45. The number of ether oxygens (including phenoxy) is 1. The molecule has 2 atom stereocenters. The lowest BCUT2D eigenvalue weighted by atomic mass is 9.69. The van der Waals surface area contributed by atoms with E-state index in [9.17, 15) is 42.6 Å². The number of imide groups is 1. The molecule has 0 radical (unpaired) electrons. The highest BCUT2D eigenvalue weighted by atomic mass is 19.4. The smallest absolute Gasteiger partial charge is 0.477 e. The number of carbonyl (C=O) groups excluding carboxylic acids is 2. The molecule has 0 saturated carbocycles. The molecular formula is C26H21F3N4O7. The van der Waals surface area contributed by atoms with Gasteiger partial charge in [-0.25, -0.2) is 29.3 Å². The molecule has 11 nitrogen and oxygen atoms in total. The molecule has 40 heavy (non-hydrogen) atoms. The number of carboxylic acid groups (broad SMARTS) is 2. The Balaban J connectivity index is 1.83. The fraction of sp³-hybridized carbons (Fsp3) is 0.231. The standard InChI is InChI=1S/C26H21F3N4O7/c1-13(15-7-9-30-19(11-15)21(34)35)25(14(2)16-8-10-31-20(12-16)22(36)37)23(38)33(24(39)32-25)17-3-5-18(6-4-17)40-26(27,28)29/h3-14H,1-2H3,(H,32,39)(H,34,35)(H,36,37). The van der Waals surface area contributed by atoms with Crippen molar-refractivity contribution < 1.29 is 47.3 Å². The van der Waals surface area contributed by atoms with E-state index in [2.05, 4.69) is 20.0 Å². The minimum absolute atomic E-state index is 0.0554. The fourth-order valence-electron chi connectivity index (χ4n) is 4.75. The summed E-state index contributed by atoms with van der Waals surface area (Å²) in [5.41, 5.74) is -1.81. The van der Waals surface area contributed by atoms with Gasteiger partial charge in [-0.15, -0.1) is 13.2 Å². The van der Waals surface area contributed by atoms with Gasteiger partial charge >= 0.3 is 24.3 Å². The Morgan fingerprint density at radius 3 is 1.80 bits per heavy atom. The van der Waals surface area contributed by atoms with E-state index in [0.717, 1.165) is 29.2 Å². The first-order valence-corrected chi connectivity index (χ1v) is 11.7. The number of alkyl halides is 3. The van der Waals surface area contributed by atoms with Gasteiger partial charge in [-0.2, -0.15) is 0 Å². The quantitative estimate of drug-likeness (QED) is 0.345. The number of halogens is 3. The lowest BCUT2D eigenvalue weighted by Crippen LogP contribution is -2.55. The minimum atomic E-state index is -4.94. The molecule has 4 rings (SSSR count). The molecule has 3 N–H and O–H groups in total. The number of nitrogens with one attached hydrogen (secondary N) is 1. The van der Waals surface area contributed by atoms with Gasteiger partial charge in [-0.05, 0) is 59.7 Å². The van der Waals surface area contributed by atoms with E-state index in [-0.39, 0.29) is 17.1 Å². The van der Waals surface area contributed by atoms with Gasteiger partial charge in [0.05, 0.1) is 5.69 Å². The van der Waals surface area contributed by atoms with Crippen LogP contribution < -0.4 is 15.0 Å². The van der Waals surface area contributed by atoms with Crippen molar-refractivity contribution in [3.63, 3.8) is 0 Å². The van der Waals surface area contributed by atoms with Gasteiger partial charge in [-0.3, -0.25) is 4.79 Å². The number of hydrogen-bond donors (Lipinski definition) is 3. The van der Waals surface area contributed by atoms with Crippen molar-refractivity contribution in [3.05, 3.63) is 83.4 Å². The van der Waals surface area contributed by atoms with Gasteiger partial charge in [0, 0.05) is 24.2 Å². The van der Waals surface area contributed by atoms with E-state index >= 15 is 0 Å². The molecule has 3 amide bonds. The average Bonchev–Trinajstić information content (AvgIpc) is 3.18. The highest BCUT2D eigenvalue weighted by Gasteiger charge is 2.58. The van der Waals surface area contributed by atoms with Crippen LogP contribution in [0, 0.1) is 0 Å². The number of pyridine rings is 2. The number of aromatic nitrogens is 2. The number of carbonyl (C=O) groups is 4. The normalized spacial score (nSPS) is 18.7. The maximum Gasteiger partial charge on any atom is 0.573 e. The van der Waals surface area contributed by atoms with Crippen LogP contribution in [0.4, 0.5) is 23.7 Å². The third-order valence-electron chi connectivity index (χ3n) is 6.77. The SMILES string of the molecule is CC(c1ccnc(C(=O)O)c1)C1(C(C)c2ccnc(C(=O)O)c2)NC(=O)N(c2ccc(OC(F)(F)F)cc2)C1=O. The van der Waals surface area contributed by atoms with E-state index in [1.54, 1.807) is 13.8 Å². The maximum absolute atomic E-state index is 14.2. The number of carboxylic acids is 2. The van der Waals surface area contributed by atoms with Gasteiger partial charge in [-0.1, -0.05) is 13.8 Å². The van der Waals surface area contributed by atoms with Crippen molar-refractivity contribution >= 4 is 29.6 Å². The molecule has 0 spiro atoms. The molecule has 3 aromatic rings. The molecule has 0 bridgehead atoms. The Morgan fingerprint density at radius 2 is 1.38 bits per heavy atom. The van der Waals surface area contributed by atoms with Crippen LogP contribution in [0.25, 0.3) is 0 Å². The van der Waals surface area contributed by atoms with Crippen LogP contribution in [0.3, 0.4) is 0 Å². The van der Waals surface area contributed by atoms with Crippen molar-refractivity contribution in [1.82, 2.24) is 15.3 Å². The second kappa shape index (κ2) is 10.3. The Morgan fingerprint density at radius 1 is 0.900 bits per heavy atom. The zero-order chi connectivity index (χ0) is 29.4. The number of rotatable bonds is 8. The summed E-state index contributed by atoms with van der Waals surface area (Å²) < 4.78 is 41.6. The monoisotopic (exact) mass is 558 g/mol. The zero-order valence-electron chi connectivity index (χ0n) is 20.8. The molecule has 0 aliphatic carbocycles. The van der Waals surface area contributed by atoms with Crippen molar-refractivity contribution in [3.8, 4) is 5.75 Å². The molecule has 2 aromatic heterocycles. The summed E-state index contributed by atoms with van der Waals surface area (Å²) in [6, 6.07) is 8.67. The number of amides is 3. The van der Waals surface area contributed by atoms with Crippen molar-refractivity contribution in [2.45, 2.75) is 37.6 Å². The predicted molar refractivity (Wildman–Crippen MR) is 131 cm³/mol. The minimum Gasteiger partial charge on any atom is -0.477 e. The second-order valence-electron chi connectivity index (χ2n) is 8.98. The first-order valence-electron chi connectivity index (χ1n) is 11.7. The van der Waals surface area contributed by atoms with Crippen LogP contribution in [-0.2, 0) is 4.79 Å². The van der Waals surface area contributed by atoms with Crippen LogP contribution in [0.1, 0.15) is 57.8 Å². The Bertz CT molecular complexity index is 1430. The van der Waals surface area contributed by atoms with E-state index in [1.807, 2.05) is 0 Å². The number of nitrogens with zero attached hydrogens (tertiary/aromatic N) is 3. The summed E-state index contributed by atoms with van der Waals surface area (Å²) in [7, 11) is 0. The third kappa shape index (κ3) is 5.15. The molecule has 1 aliphatic heterocycles. The fourth-order valence-corrected chi connectivity index (χ4v) is 4.75. The lowest BCUT2D eigenvalue weighted by molar-refractivity contribution is -0.274. The first kappa shape index (κ1) is 28.0. The van der Waals surface area contributed by atoms with Crippen LogP contribution in [-0.4, -0.2) is 56.0 Å². The zero-order valence-corrected chi connectivity index (χ0v) is 20.8. The molecular weight excluding hydrogens is 537 g/mol. The summed E-state index contributed by atoms with van der Waals surface area (Å²) >= 11 is 0. The van der Waals surface area contributed by atoms with E-state index in [4.69, 9.17) is 0 Å². The van der Waals surface area contributed by atoms with Crippen molar-refractivity contribution in [2.75, 3.05) is 4.90 Å². The van der Waals surface area contributed by atoms with E-state index in [1.165, 1.54) is 36.7 Å². The summed E-state index contributed by atoms with van der Waals surface area (Å²) in [6.07, 6.45) is -2.47. The van der Waals surface area contributed by atoms with Gasteiger partial charge in [0.25, 0.3) is 5.91 Å². The number of benzene rings is 1. The molecule has 2 unspecified atom stereocenters. The maximum atomic E-state index is 14.2. The molecule has 3 heterocycles. The molecule has 1 aromatic carbocycles. The first-order chi connectivity index (χ1) is 18.7.